The quantitative estimate of drug-likeness (QED) is 0.578. The number of hydrogen-bond acceptors (Lipinski definition) is 4. The molecule has 0 aliphatic heterocycles. The normalized spacial score (nSPS) is 12.1. The van der Waals surface area contributed by atoms with Gasteiger partial charge >= 0.3 is 0 Å². The van der Waals surface area contributed by atoms with Crippen molar-refractivity contribution in [2.75, 3.05) is 31.4 Å². The summed E-state index contributed by atoms with van der Waals surface area (Å²) in [7, 11) is 1.59. The Morgan fingerprint density at radius 1 is 1.35 bits per heavy atom. The average Bonchev–Trinajstić information content (AvgIpc) is 2.32. The molecule has 94 valence electrons. The van der Waals surface area contributed by atoms with Gasteiger partial charge in [-0.1, -0.05) is 0 Å². The Morgan fingerprint density at radius 3 is 2.59 bits per heavy atom. The second-order valence-electron chi connectivity index (χ2n) is 3.62. The van der Waals surface area contributed by atoms with E-state index in [1.807, 2.05) is 0 Å². The van der Waals surface area contributed by atoms with Crippen molar-refractivity contribution >= 4 is 17.3 Å². The van der Waals surface area contributed by atoms with Crippen LogP contribution in [-0.4, -0.2) is 32.3 Å². The predicted molar refractivity (Wildman–Crippen MR) is 66.8 cm³/mol. The van der Waals surface area contributed by atoms with Gasteiger partial charge in [0, 0.05) is 18.5 Å². The number of amides is 1. The topological polar surface area (TPSA) is 73.6 Å². The van der Waals surface area contributed by atoms with Gasteiger partial charge < -0.3 is 20.5 Å². The SMILES string of the molecule is COCCOC(C)C(=O)Nc1ccc(N)cc1. The summed E-state index contributed by atoms with van der Waals surface area (Å²) < 4.78 is 10.1. The maximum absolute atomic E-state index is 11.7. The van der Waals surface area contributed by atoms with Gasteiger partial charge in [-0.3, -0.25) is 4.79 Å². The minimum atomic E-state index is -0.511. The molecule has 17 heavy (non-hydrogen) atoms. The number of hydrogen-bond donors (Lipinski definition) is 2. The predicted octanol–water partition coefficient (Wildman–Crippen LogP) is 1.26. The Balaban J connectivity index is 2.40. The third-order valence-corrected chi connectivity index (χ3v) is 2.20. The first-order valence-electron chi connectivity index (χ1n) is 5.40. The van der Waals surface area contributed by atoms with Crippen LogP contribution in [0.15, 0.2) is 24.3 Å². The molecule has 1 aromatic rings. The number of methoxy groups -OCH3 is 1. The fourth-order valence-corrected chi connectivity index (χ4v) is 1.19. The molecule has 0 spiro atoms. The number of benzene rings is 1. The molecular weight excluding hydrogens is 220 g/mol. The van der Waals surface area contributed by atoms with Crippen molar-refractivity contribution in [1.82, 2.24) is 0 Å². The highest BCUT2D eigenvalue weighted by atomic mass is 16.5. The highest BCUT2D eigenvalue weighted by Crippen LogP contribution is 2.11. The minimum absolute atomic E-state index is 0.189. The Kier molecular flexibility index (Phi) is 5.45. The number of rotatable bonds is 6. The minimum Gasteiger partial charge on any atom is -0.399 e. The van der Waals surface area contributed by atoms with Gasteiger partial charge in [0.25, 0.3) is 5.91 Å². The van der Waals surface area contributed by atoms with Crippen molar-refractivity contribution < 1.29 is 14.3 Å². The number of nitrogens with two attached hydrogens (primary N) is 1. The van der Waals surface area contributed by atoms with E-state index in [9.17, 15) is 4.79 Å². The molecule has 5 nitrogen and oxygen atoms in total. The van der Waals surface area contributed by atoms with E-state index in [1.165, 1.54) is 0 Å². The number of nitrogens with one attached hydrogen (secondary N) is 1. The van der Waals surface area contributed by atoms with Crippen LogP contribution in [0.1, 0.15) is 6.92 Å². The summed E-state index contributed by atoms with van der Waals surface area (Å²) in [5.41, 5.74) is 6.91. The molecule has 1 amide bonds. The zero-order valence-electron chi connectivity index (χ0n) is 10.1. The highest BCUT2D eigenvalue weighted by Gasteiger charge is 2.12. The van der Waals surface area contributed by atoms with Crippen LogP contribution in [0.25, 0.3) is 0 Å². The number of carbonyl (C=O) groups is 1. The summed E-state index contributed by atoms with van der Waals surface area (Å²) in [5.74, 6) is -0.189. The molecule has 1 rings (SSSR count). The van der Waals surface area contributed by atoms with E-state index in [2.05, 4.69) is 5.32 Å². The molecule has 1 atom stereocenters. The monoisotopic (exact) mass is 238 g/mol. The Hall–Kier alpha value is -1.59. The van der Waals surface area contributed by atoms with Crippen molar-refractivity contribution in [2.45, 2.75) is 13.0 Å². The second-order valence-corrected chi connectivity index (χ2v) is 3.62. The second kappa shape index (κ2) is 6.88. The maximum atomic E-state index is 11.7. The van der Waals surface area contributed by atoms with Crippen LogP contribution in [0.3, 0.4) is 0 Å². The first-order chi connectivity index (χ1) is 8.13. The molecular formula is C12H18N2O3. The van der Waals surface area contributed by atoms with Gasteiger partial charge in [0.2, 0.25) is 0 Å². The van der Waals surface area contributed by atoms with Crippen molar-refractivity contribution in [3.05, 3.63) is 24.3 Å². The molecule has 0 fully saturated rings. The van der Waals surface area contributed by atoms with Crippen molar-refractivity contribution in [3.63, 3.8) is 0 Å². The van der Waals surface area contributed by atoms with E-state index < -0.39 is 6.10 Å². The van der Waals surface area contributed by atoms with E-state index in [-0.39, 0.29) is 5.91 Å². The fourth-order valence-electron chi connectivity index (χ4n) is 1.19. The first kappa shape index (κ1) is 13.5. The van der Waals surface area contributed by atoms with Gasteiger partial charge in [0.15, 0.2) is 0 Å². The van der Waals surface area contributed by atoms with Crippen LogP contribution >= 0.6 is 0 Å². The zero-order valence-corrected chi connectivity index (χ0v) is 10.1. The van der Waals surface area contributed by atoms with Crippen LogP contribution in [-0.2, 0) is 14.3 Å². The lowest BCUT2D eigenvalue weighted by atomic mass is 10.2. The third-order valence-electron chi connectivity index (χ3n) is 2.20. The highest BCUT2D eigenvalue weighted by molar-refractivity contribution is 5.93. The molecule has 0 saturated carbocycles. The maximum Gasteiger partial charge on any atom is 0.253 e. The lowest BCUT2D eigenvalue weighted by Gasteiger charge is -2.13. The lowest BCUT2D eigenvalue weighted by Crippen LogP contribution is -2.28. The molecule has 0 radical (unpaired) electrons. The van der Waals surface area contributed by atoms with Crippen molar-refractivity contribution in [3.8, 4) is 0 Å². The number of nitrogen functional groups attached to an aromatic ring is 1. The van der Waals surface area contributed by atoms with Gasteiger partial charge in [0.05, 0.1) is 13.2 Å². The van der Waals surface area contributed by atoms with Crippen LogP contribution < -0.4 is 11.1 Å². The van der Waals surface area contributed by atoms with Gasteiger partial charge in [-0.05, 0) is 31.2 Å². The van der Waals surface area contributed by atoms with Crippen molar-refractivity contribution in [1.29, 1.82) is 0 Å². The van der Waals surface area contributed by atoms with E-state index in [0.717, 1.165) is 0 Å². The Bertz CT molecular complexity index is 351. The Morgan fingerprint density at radius 2 is 2.00 bits per heavy atom. The number of ether oxygens (including phenoxy) is 2. The van der Waals surface area contributed by atoms with Crippen LogP contribution in [0.2, 0.25) is 0 Å². The molecule has 0 aliphatic carbocycles. The average molecular weight is 238 g/mol. The smallest absolute Gasteiger partial charge is 0.253 e. The summed E-state index contributed by atoms with van der Waals surface area (Å²) in [5, 5.41) is 2.74. The third kappa shape index (κ3) is 4.84. The van der Waals surface area contributed by atoms with Crippen LogP contribution in [0, 0.1) is 0 Å². The summed E-state index contributed by atoms with van der Waals surface area (Å²) in [6.07, 6.45) is -0.511. The number of anilines is 2. The summed E-state index contributed by atoms with van der Waals surface area (Å²) in [4.78, 5) is 11.7. The van der Waals surface area contributed by atoms with E-state index >= 15 is 0 Å². The van der Waals surface area contributed by atoms with Gasteiger partial charge in [-0.2, -0.15) is 0 Å². The van der Waals surface area contributed by atoms with E-state index in [0.29, 0.717) is 24.6 Å². The van der Waals surface area contributed by atoms with E-state index in [4.69, 9.17) is 15.2 Å². The zero-order chi connectivity index (χ0) is 12.7. The lowest BCUT2D eigenvalue weighted by molar-refractivity contribution is -0.127. The molecule has 0 aromatic heterocycles. The molecule has 0 heterocycles. The summed E-state index contributed by atoms with van der Waals surface area (Å²) in [6.45, 7) is 2.56. The molecule has 0 saturated heterocycles. The molecule has 0 bridgehead atoms. The molecule has 1 aromatic carbocycles. The van der Waals surface area contributed by atoms with Gasteiger partial charge in [-0.25, -0.2) is 0 Å². The summed E-state index contributed by atoms with van der Waals surface area (Å²) >= 11 is 0. The molecule has 3 N–H and O–H groups in total. The molecule has 1 unspecified atom stereocenters. The van der Waals surface area contributed by atoms with Gasteiger partial charge in [0.1, 0.15) is 6.10 Å². The largest absolute Gasteiger partial charge is 0.399 e. The van der Waals surface area contributed by atoms with Crippen LogP contribution in [0.5, 0.6) is 0 Å². The standard InChI is InChI=1S/C12H18N2O3/c1-9(17-8-7-16-2)12(15)14-11-5-3-10(13)4-6-11/h3-6,9H,7-8,13H2,1-2H3,(H,14,15). The molecule has 5 heteroatoms. The fraction of sp³-hybridized carbons (Fsp3) is 0.417. The summed E-state index contributed by atoms with van der Waals surface area (Å²) in [6, 6.07) is 6.95. The first-order valence-corrected chi connectivity index (χ1v) is 5.40. The van der Waals surface area contributed by atoms with Crippen LogP contribution in [0.4, 0.5) is 11.4 Å². The van der Waals surface area contributed by atoms with Gasteiger partial charge in [-0.15, -0.1) is 0 Å². The molecule has 0 aliphatic rings. The Labute approximate surface area is 101 Å². The van der Waals surface area contributed by atoms with E-state index in [1.54, 1.807) is 38.3 Å². The number of carbonyl (C=O) groups excluding carboxylic acids is 1. The van der Waals surface area contributed by atoms with Crippen molar-refractivity contribution in [2.24, 2.45) is 0 Å².